The highest BCUT2D eigenvalue weighted by atomic mass is 19.2. The summed E-state index contributed by atoms with van der Waals surface area (Å²) in [4.78, 5) is 0. The Labute approximate surface area is 236 Å². The van der Waals surface area contributed by atoms with E-state index in [4.69, 9.17) is 14.2 Å². The van der Waals surface area contributed by atoms with Crippen LogP contribution in [-0.2, 0) is 9.47 Å². The highest BCUT2D eigenvalue weighted by molar-refractivity contribution is 5.71. The predicted molar refractivity (Wildman–Crippen MR) is 154 cm³/mol. The molecule has 1 fully saturated rings. The Morgan fingerprint density at radius 3 is 2.10 bits per heavy atom. The van der Waals surface area contributed by atoms with E-state index in [0.717, 1.165) is 24.8 Å². The number of hydrogen-bond acceptors (Lipinski definition) is 3. The van der Waals surface area contributed by atoms with Crippen LogP contribution in [0.5, 0.6) is 5.75 Å². The molecule has 0 atom stereocenters. The van der Waals surface area contributed by atoms with Crippen LogP contribution in [0.3, 0.4) is 0 Å². The van der Waals surface area contributed by atoms with Crippen LogP contribution in [0.25, 0.3) is 22.3 Å². The van der Waals surface area contributed by atoms with E-state index in [-0.39, 0.29) is 29.3 Å². The van der Waals surface area contributed by atoms with E-state index in [9.17, 15) is 8.78 Å². The Bertz CT molecular complexity index is 1250. The summed E-state index contributed by atoms with van der Waals surface area (Å²) in [6, 6.07) is 15.1. The third-order valence-corrected chi connectivity index (χ3v) is 7.29. The smallest absolute Gasteiger partial charge is 0.201 e. The molecule has 3 nitrogen and oxygen atoms in total. The molecule has 1 aliphatic rings. The number of allylic oxidation sites excluding steroid dienone is 1. The highest BCUT2D eigenvalue weighted by Crippen LogP contribution is 2.33. The van der Waals surface area contributed by atoms with Crippen LogP contribution in [0.4, 0.5) is 13.2 Å². The van der Waals surface area contributed by atoms with E-state index < -0.39 is 11.6 Å². The van der Waals surface area contributed by atoms with Crippen molar-refractivity contribution in [3.8, 4) is 28.0 Å². The summed E-state index contributed by atoms with van der Waals surface area (Å²) in [5.41, 5.74) is 2.70. The van der Waals surface area contributed by atoms with E-state index in [1.165, 1.54) is 43.9 Å². The van der Waals surface area contributed by atoms with Crippen molar-refractivity contribution in [2.75, 3.05) is 19.8 Å². The van der Waals surface area contributed by atoms with Crippen molar-refractivity contribution in [2.45, 2.75) is 71.0 Å². The lowest BCUT2D eigenvalue weighted by Crippen LogP contribution is -2.29. The molecule has 1 saturated heterocycles. The first-order valence-corrected chi connectivity index (χ1v) is 14.4. The summed E-state index contributed by atoms with van der Waals surface area (Å²) in [7, 11) is 0. The number of benzene rings is 3. The Morgan fingerprint density at radius 2 is 1.43 bits per heavy atom. The van der Waals surface area contributed by atoms with E-state index in [2.05, 4.69) is 6.92 Å². The van der Waals surface area contributed by atoms with Crippen molar-refractivity contribution < 1.29 is 27.4 Å². The maximum absolute atomic E-state index is 15.0. The van der Waals surface area contributed by atoms with Gasteiger partial charge in [-0.25, -0.2) is 8.78 Å². The normalized spacial score (nSPS) is 17.4. The molecule has 214 valence electrons. The molecule has 0 aromatic heterocycles. The summed E-state index contributed by atoms with van der Waals surface area (Å²) < 4.78 is 61.5. The van der Waals surface area contributed by atoms with Gasteiger partial charge in [0.1, 0.15) is 5.82 Å². The molecule has 0 N–H and O–H groups in total. The molecule has 40 heavy (non-hydrogen) atoms. The van der Waals surface area contributed by atoms with Gasteiger partial charge in [-0.05, 0) is 59.9 Å². The zero-order valence-electron chi connectivity index (χ0n) is 23.4. The first-order chi connectivity index (χ1) is 19.5. The molecule has 0 unspecified atom stereocenters. The maximum Gasteiger partial charge on any atom is 0.201 e. The molecular weight excluding hydrogens is 513 g/mol. The zero-order valence-corrected chi connectivity index (χ0v) is 23.4. The average molecular weight is 553 g/mol. The van der Waals surface area contributed by atoms with Crippen molar-refractivity contribution in [3.05, 3.63) is 89.8 Å². The second kappa shape index (κ2) is 15.1. The Kier molecular flexibility index (Phi) is 11.2. The first kappa shape index (κ1) is 29.9. The molecule has 3 aromatic rings. The van der Waals surface area contributed by atoms with E-state index in [1.54, 1.807) is 30.3 Å². The highest BCUT2D eigenvalue weighted by Gasteiger charge is 2.24. The van der Waals surface area contributed by atoms with Crippen LogP contribution >= 0.6 is 0 Å². The molecule has 0 aliphatic carbocycles. The van der Waals surface area contributed by atoms with Gasteiger partial charge in [0, 0.05) is 11.5 Å². The van der Waals surface area contributed by atoms with Gasteiger partial charge in [0.25, 0.3) is 0 Å². The first-order valence-electron chi connectivity index (χ1n) is 14.4. The van der Waals surface area contributed by atoms with Gasteiger partial charge in [-0.15, -0.1) is 0 Å². The molecule has 0 amide bonds. The molecule has 0 spiro atoms. The minimum absolute atomic E-state index is 0.0643. The fraction of sp³-hybridized carbons (Fsp3) is 0.412. The van der Waals surface area contributed by atoms with Gasteiger partial charge < -0.3 is 14.2 Å². The molecule has 0 bridgehead atoms. The second-order valence-corrected chi connectivity index (χ2v) is 10.3. The van der Waals surface area contributed by atoms with Crippen LogP contribution in [0, 0.1) is 17.5 Å². The van der Waals surface area contributed by atoms with Gasteiger partial charge in [0.05, 0.1) is 19.8 Å². The number of unbranched alkanes of at least 4 members (excludes halogenated alkanes) is 6. The van der Waals surface area contributed by atoms with Gasteiger partial charge in [0.2, 0.25) is 5.82 Å². The van der Waals surface area contributed by atoms with Crippen molar-refractivity contribution in [2.24, 2.45) is 0 Å². The molecule has 6 heteroatoms. The summed E-state index contributed by atoms with van der Waals surface area (Å²) in [5, 5.41) is 0. The lowest BCUT2D eigenvalue weighted by atomic mass is 9.95. The van der Waals surface area contributed by atoms with Gasteiger partial charge in [0.15, 0.2) is 17.9 Å². The minimum Gasteiger partial charge on any atom is -0.490 e. The predicted octanol–water partition coefficient (Wildman–Crippen LogP) is 9.60. The zero-order chi connectivity index (χ0) is 28.3. The fourth-order valence-corrected chi connectivity index (χ4v) is 4.95. The molecular formula is C34H39F3O3. The summed E-state index contributed by atoms with van der Waals surface area (Å²) in [6.07, 6.45) is 11.2. The van der Waals surface area contributed by atoms with E-state index in [0.29, 0.717) is 36.5 Å². The molecule has 4 rings (SSSR count). The van der Waals surface area contributed by atoms with E-state index >= 15 is 4.39 Å². The largest absolute Gasteiger partial charge is 0.490 e. The lowest BCUT2D eigenvalue weighted by Gasteiger charge is -2.28. The van der Waals surface area contributed by atoms with Gasteiger partial charge >= 0.3 is 0 Å². The molecule has 1 heterocycles. The van der Waals surface area contributed by atoms with Crippen LogP contribution in [0.2, 0.25) is 0 Å². The molecule has 1 aliphatic heterocycles. The number of halogens is 3. The minimum atomic E-state index is -0.977. The summed E-state index contributed by atoms with van der Waals surface area (Å²) in [5.74, 6) is -2.49. The van der Waals surface area contributed by atoms with Crippen molar-refractivity contribution in [1.29, 1.82) is 0 Å². The third-order valence-electron chi connectivity index (χ3n) is 7.29. The monoisotopic (exact) mass is 552 g/mol. The lowest BCUT2D eigenvalue weighted by molar-refractivity contribution is -0.159. The molecule has 0 saturated carbocycles. The summed E-state index contributed by atoms with van der Waals surface area (Å²) >= 11 is 0. The molecule has 0 radical (unpaired) electrons. The topological polar surface area (TPSA) is 27.7 Å². The standard InChI is InChI=1S/C34H39F3O3/c1-3-5-6-7-8-9-10-20-38-31-19-18-29(33(36)34(31)37)25-14-12-24(13-15-25)26-16-17-28(30(35)21-26)27-22-39-32(11-4-2)40-23-27/h4,11-19,21,27,32H,3,5-10,20,22-23H2,1-2H3. The van der Waals surface area contributed by atoms with E-state index in [1.807, 2.05) is 25.1 Å². The van der Waals surface area contributed by atoms with Crippen molar-refractivity contribution in [1.82, 2.24) is 0 Å². The SMILES string of the molecule is CC=CC1OCC(c2ccc(-c3ccc(-c4ccc(OCCCCCCCCC)c(F)c4F)cc3)cc2F)CO1. The van der Waals surface area contributed by atoms with Crippen LogP contribution in [-0.4, -0.2) is 26.1 Å². The fourth-order valence-electron chi connectivity index (χ4n) is 4.95. The average Bonchev–Trinajstić information content (AvgIpc) is 2.97. The Morgan fingerprint density at radius 1 is 0.775 bits per heavy atom. The number of ether oxygens (including phenoxy) is 3. The van der Waals surface area contributed by atoms with Crippen LogP contribution in [0.15, 0.2) is 66.7 Å². The van der Waals surface area contributed by atoms with Crippen LogP contribution < -0.4 is 4.74 Å². The van der Waals surface area contributed by atoms with Gasteiger partial charge in [-0.3, -0.25) is 0 Å². The quantitative estimate of drug-likeness (QED) is 0.156. The van der Waals surface area contributed by atoms with Gasteiger partial charge in [-0.1, -0.05) is 87.9 Å². The Hall–Kier alpha value is -3.09. The van der Waals surface area contributed by atoms with Gasteiger partial charge in [-0.2, -0.15) is 4.39 Å². The number of rotatable bonds is 13. The number of hydrogen-bond donors (Lipinski definition) is 0. The third kappa shape index (κ3) is 7.76. The van der Waals surface area contributed by atoms with Crippen molar-refractivity contribution in [3.63, 3.8) is 0 Å². The molecule has 3 aromatic carbocycles. The Balaban J connectivity index is 1.36. The summed E-state index contributed by atoms with van der Waals surface area (Å²) in [6.45, 7) is 5.21. The second-order valence-electron chi connectivity index (χ2n) is 10.3. The van der Waals surface area contributed by atoms with Crippen molar-refractivity contribution >= 4 is 0 Å². The van der Waals surface area contributed by atoms with Crippen LogP contribution in [0.1, 0.15) is 70.3 Å². The maximum atomic E-state index is 15.0.